The highest BCUT2D eigenvalue weighted by atomic mass is 32.1. The van der Waals surface area contributed by atoms with Gasteiger partial charge in [-0.3, -0.25) is 9.59 Å². The van der Waals surface area contributed by atoms with Crippen molar-refractivity contribution < 1.29 is 9.59 Å². The minimum absolute atomic E-state index is 0.100. The molecule has 0 spiro atoms. The van der Waals surface area contributed by atoms with E-state index in [2.05, 4.69) is 35.9 Å². The van der Waals surface area contributed by atoms with Crippen LogP contribution in [0.3, 0.4) is 0 Å². The highest BCUT2D eigenvalue weighted by Gasteiger charge is 2.24. The van der Waals surface area contributed by atoms with Crippen LogP contribution in [0.25, 0.3) is 0 Å². The van der Waals surface area contributed by atoms with Crippen molar-refractivity contribution in [3.05, 3.63) is 53.7 Å². The van der Waals surface area contributed by atoms with Gasteiger partial charge in [0.25, 0.3) is 5.91 Å². The normalized spacial score (nSPS) is 15.4. The van der Waals surface area contributed by atoms with Gasteiger partial charge in [0.15, 0.2) is 5.82 Å². The third-order valence-electron chi connectivity index (χ3n) is 5.01. The van der Waals surface area contributed by atoms with Gasteiger partial charge in [-0.05, 0) is 36.2 Å². The van der Waals surface area contributed by atoms with Gasteiger partial charge in [-0.2, -0.15) is 5.10 Å². The van der Waals surface area contributed by atoms with Crippen LogP contribution >= 0.6 is 11.3 Å². The number of carbonyl (C=O) groups is 2. The van der Waals surface area contributed by atoms with Gasteiger partial charge in [-0.1, -0.05) is 23.5 Å². The maximum Gasteiger partial charge on any atom is 0.253 e. The molecule has 2 amide bonds. The molecule has 1 atom stereocenters. The molecule has 0 radical (unpaired) electrons. The van der Waals surface area contributed by atoms with Crippen molar-refractivity contribution in [1.82, 2.24) is 25.3 Å². The molecule has 1 aliphatic rings. The van der Waals surface area contributed by atoms with E-state index in [0.29, 0.717) is 15.8 Å². The van der Waals surface area contributed by atoms with Gasteiger partial charge in [0.1, 0.15) is 0 Å². The molecule has 3 heterocycles. The molecular formula is C21H24N8O2S. The summed E-state index contributed by atoms with van der Waals surface area (Å²) < 4.78 is 0. The molecule has 0 saturated carbocycles. The first kappa shape index (κ1) is 21.6. The number of amides is 2. The van der Waals surface area contributed by atoms with Crippen molar-refractivity contribution in [2.24, 2.45) is 0 Å². The Hall–Kier alpha value is -3.60. The lowest BCUT2D eigenvalue weighted by Crippen LogP contribution is -2.26. The van der Waals surface area contributed by atoms with Crippen molar-refractivity contribution in [2.75, 3.05) is 42.7 Å². The standard InChI is InChI=1S/C21H24N8O2S/c1-28(2)19(31)15-6-3-5-14(11-15)12-18(30)24-21-27-26-20(32-21)23-16-8-10-29(13-16)17-7-4-9-22-25-17/h3-7,9,11,16H,8,10,12-13H2,1-2H3,(H,23,26)(H,24,27,30)/t16-/m1/s1. The molecule has 1 aromatic carbocycles. The summed E-state index contributed by atoms with van der Waals surface area (Å²) in [5.74, 6) is 0.548. The molecule has 1 saturated heterocycles. The molecular weight excluding hydrogens is 428 g/mol. The maximum atomic E-state index is 12.4. The van der Waals surface area contributed by atoms with Crippen molar-refractivity contribution >= 4 is 39.2 Å². The highest BCUT2D eigenvalue weighted by molar-refractivity contribution is 7.19. The Balaban J connectivity index is 1.29. The number of rotatable bonds is 7. The van der Waals surface area contributed by atoms with Crippen molar-refractivity contribution in [3.63, 3.8) is 0 Å². The van der Waals surface area contributed by atoms with E-state index in [0.717, 1.165) is 30.9 Å². The van der Waals surface area contributed by atoms with E-state index in [4.69, 9.17) is 0 Å². The van der Waals surface area contributed by atoms with Crippen LogP contribution in [0.2, 0.25) is 0 Å². The summed E-state index contributed by atoms with van der Waals surface area (Å²) in [6.45, 7) is 1.68. The third-order valence-corrected chi connectivity index (χ3v) is 5.78. The van der Waals surface area contributed by atoms with Gasteiger partial charge in [-0.25, -0.2) is 0 Å². The molecule has 0 aliphatic carbocycles. The molecule has 166 valence electrons. The lowest BCUT2D eigenvalue weighted by molar-refractivity contribution is -0.115. The van der Waals surface area contributed by atoms with Crippen molar-refractivity contribution in [1.29, 1.82) is 0 Å². The van der Waals surface area contributed by atoms with E-state index in [-0.39, 0.29) is 24.3 Å². The molecule has 4 rings (SSSR count). The molecule has 0 bridgehead atoms. The summed E-state index contributed by atoms with van der Waals surface area (Å²) >= 11 is 1.30. The Kier molecular flexibility index (Phi) is 6.55. The fourth-order valence-corrected chi connectivity index (χ4v) is 4.21. The second kappa shape index (κ2) is 9.69. The first-order valence-electron chi connectivity index (χ1n) is 10.2. The lowest BCUT2D eigenvalue weighted by atomic mass is 10.1. The summed E-state index contributed by atoms with van der Waals surface area (Å²) in [5.41, 5.74) is 1.31. The smallest absolute Gasteiger partial charge is 0.253 e. The number of benzene rings is 1. The molecule has 3 aromatic rings. The van der Waals surface area contributed by atoms with E-state index in [1.807, 2.05) is 18.2 Å². The largest absolute Gasteiger partial charge is 0.355 e. The second-order valence-corrected chi connectivity index (χ2v) is 8.67. The van der Waals surface area contributed by atoms with E-state index in [9.17, 15) is 9.59 Å². The molecule has 11 heteroatoms. The molecule has 2 N–H and O–H groups in total. The summed E-state index contributed by atoms with van der Waals surface area (Å²) in [7, 11) is 3.39. The molecule has 0 unspecified atom stereocenters. The summed E-state index contributed by atoms with van der Waals surface area (Å²) in [4.78, 5) is 28.2. The van der Waals surface area contributed by atoms with Gasteiger partial charge in [0, 0.05) is 45.0 Å². The zero-order valence-corrected chi connectivity index (χ0v) is 18.7. The minimum atomic E-state index is -0.211. The number of nitrogens with zero attached hydrogens (tertiary/aromatic N) is 6. The van der Waals surface area contributed by atoms with Crippen LogP contribution in [-0.4, -0.2) is 70.3 Å². The average Bonchev–Trinajstić information content (AvgIpc) is 3.43. The van der Waals surface area contributed by atoms with Crippen LogP contribution < -0.4 is 15.5 Å². The van der Waals surface area contributed by atoms with Crippen molar-refractivity contribution in [2.45, 2.75) is 18.9 Å². The SMILES string of the molecule is CN(C)C(=O)c1cccc(CC(=O)Nc2nnc(N[C@@H]3CCN(c4cccnn4)C3)s2)c1. The third kappa shape index (κ3) is 5.35. The van der Waals surface area contributed by atoms with Crippen LogP contribution in [0.4, 0.5) is 16.1 Å². The summed E-state index contributed by atoms with van der Waals surface area (Å²) in [6.07, 6.45) is 2.75. The Bertz CT molecular complexity index is 1090. The fourth-order valence-electron chi connectivity index (χ4n) is 3.48. The predicted octanol–water partition coefficient (Wildman–Crippen LogP) is 1.90. The van der Waals surface area contributed by atoms with E-state index < -0.39 is 0 Å². The highest BCUT2D eigenvalue weighted by Crippen LogP contribution is 2.24. The number of nitrogens with one attached hydrogen (secondary N) is 2. The van der Waals surface area contributed by atoms with Gasteiger partial charge in [-0.15, -0.1) is 15.3 Å². The zero-order chi connectivity index (χ0) is 22.5. The van der Waals surface area contributed by atoms with Gasteiger partial charge in [0.2, 0.25) is 16.2 Å². The predicted molar refractivity (Wildman–Crippen MR) is 123 cm³/mol. The minimum Gasteiger partial charge on any atom is -0.355 e. The Morgan fingerprint density at radius 3 is 2.78 bits per heavy atom. The number of aromatic nitrogens is 4. The fraction of sp³-hybridized carbons (Fsp3) is 0.333. The monoisotopic (exact) mass is 452 g/mol. The first-order chi connectivity index (χ1) is 15.5. The summed E-state index contributed by atoms with van der Waals surface area (Å²) in [5, 5.41) is 23.5. The Labute approximate surface area is 189 Å². The van der Waals surface area contributed by atoms with Crippen LogP contribution in [0.15, 0.2) is 42.6 Å². The zero-order valence-electron chi connectivity index (χ0n) is 17.9. The van der Waals surface area contributed by atoms with Crippen LogP contribution in [0, 0.1) is 0 Å². The Morgan fingerprint density at radius 2 is 2.00 bits per heavy atom. The summed E-state index contributed by atoms with van der Waals surface area (Å²) in [6, 6.07) is 11.1. The van der Waals surface area contributed by atoms with Gasteiger partial charge < -0.3 is 20.4 Å². The number of carbonyl (C=O) groups excluding carboxylic acids is 2. The van der Waals surface area contributed by atoms with Crippen LogP contribution in [0.1, 0.15) is 22.3 Å². The topological polar surface area (TPSA) is 116 Å². The number of hydrogen-bond acceptors (Lipinski definition) is 9. The second-order valence-electron chi connectivity index (χ2n) is 7.70. The van der Waals surface area contributed by atoms with E-state index in [1.54, 1.807) is 38.5 Å². The number of anilines is 3. The Morgan fingerprint density at radius 1 is 1.16 bits per heavy atom. The molecule has 2 aromatic heterocycles. The van der Waals surface area contributed by atoms with Crippen LogP contribution in [0.5, 0.6) is 0 Å². The number of hydrogen-bond donors (Lipinski definition) is 2. The van der Waals surface area contributed by atoms with E-state index >= 15 is 0 Å². The molecule has 32 heavy (non-hydrogen) atoms. The molecule has 10 nitrogen and oxygen atoms in total. The van der Waals surface area contributed by atoms with Gasteiger partial charge >= 0.3 is 0 Å². The molecule has 1 fully saturated rings. The average molecular weight is 453 g/mol. The lowest BCUT2D eigenvalue weighted by Gasteiger charge is -2.16. The van der Waals surface area contributed by atoms with Crippen LogP contribution in [-0.2, 0) is 11.2 Å². The quantitative estimate of drug-likeness (QED) is 0.558. The van der Waals surface area contributed by atoms with E-state index in [1.165, 1.54) is 16.2 Å². The maximum absolute atomic E-state index is 12.4. The van der Waals surface area contributed by atoms with Gasteiger partial charge in [0.05, 0.1) is 6.42 Å². The first-order valence-corrected chi connectivity index (χ1v) is 11.0. The van der Waals surface area contributed by atoms with Crippen molar-refractivity contribution in [3.8, 4) is 0 Å². The molecule has 1 aliphatic heterocycles.